The van der Waals surface area contributed by atoms with E-state index in [1.54, 1.807) is 14.2 Å². The molecule has 0 saturated heterocycles. The molecule has 1 fully saturated rings. The Bertz CT molecular complexity index is 763. The van der Waals surface area contributed by atoms with Crippen molar-refractivity contribution >= 4 is 11.3 Å². The van der Waals surface area contributed by atoms with Gasteiger partial charge in [-0.2, -0.15) is 0 Å². The van der Waals surface area contributed by atoms with Crippen molar-refractivity contribution in [3.05, 3.63) is 45.1 Å². The topological polar surface area (TPSA) is 44.5 Å². The summed E-state index contributed by atoms with van der Waals surface area (Å²) in [6, 6.07) is 9.10. The molecule has 4 rings (SSSR count). The summed E-state index contributed by atoms with van der Waals surface area (Å²) < 4.78 is 11.0. The lowest BCUT2D eigenvalue weighted by molar-refractivity contribution is 0.352. The summed E-state index contributed by atoms with van der Waals surface area (Å²) in [7, 11) is 3.40. The van der Waals surface area contributed by atoms with Gasteiger partial charge in [0.1, 0.15) is 0 Å². The first-order chi connectivity index (χ1) is 12.7. The molecule has 1 heterocycles. The Balaban J connectivity index is 1.65. The first-order valence-corrected chi connectivity index (χ1v) is 10.6. The highest BCUT2D eigenvalue weighted by Crippen LogP contribution is 2.44. The molecule has 0 unspecified atom stereocenters. The molecule has 26 heavy (non-hydrogen) atoms. The van der Waals surface area contributed by atoms with Crippen LogP contribution in [0.5, 0.6) is 11.5 Å². The fourth-order valence-electron chi connectivity index (χ4n) is 4.70. The summed E-state index contributed by atoms with van der Waals surface area (Å²) >= 11 is 1.96. The predicted octanol–water partition coefficient (Wildman–Crippen LogP) is 4.90. The summed E-state index contributed by atoms with van der Waals surface area (Å²) in [5, 5.41) is 0. The molecular weight excluding hydrogens is 342 g/mol. The normalized spacial score (nSPS) is 23.0. The first kappa shape index (κ1) is 17.9. The molecule has 3 nitrogen and oxygen atoms in total. The molecule has 0 bridgehead atoms. The first-order valence-electron chi connectivity index (χ1n) is 9.78. The monoisotopic (exact) mass is 371 g/mol. The van der Waals surface area contributed by atoms with E-state index in [1.165, 1.54) is 53.0 Å². The van der Waals surface area contributed by atoms with Gasteiger partial charge in [-0.05, 0) is 60.6 Å². The van der Waals surface area contributed by atoms with Crippen LogP contribution < -0.4 is 15.2 Å². The Labute approximate surface area is 160 Å². The second-order valence-corrected chi connectivity index (χ2v) is 8.94. The number of aryl methyl sites for hydroxylation is 1. The Kier molecular flexibility index (Phi) is 5.23. The smallest absolute Gasteiger partial charge is 0.161 e. The molecular formula is C22H29NO2S. The van der Waals surface area contributed by atoms with E-state index in [0.29, 0.717) is 0 Å². The van der Waals surface area contributed by atoms with Gasteiger partial charge < -0.3 is 15.2 Å². The van der Waals surface area contributed by atoms with Crippen molar-refractivity contribution in [1.29, 1.82) is 0 Å². The highest BCUT2D eigenvalue weighted by atomic mass is 32.1. The standard InChI is InChI=1S/C22H29NO2S/c1-24-19-12-15-7-9-18(23)22(17(15)13-20(19)25-2)21-10-8-16(26-21)11-14-5-3-4-6-14/h8,10,12-14,18,22H,3-7,9,11,23H2,1-2H3/t18-,22-/m0/s1. The SMILES string of the molecule is COc1cc2c(cc1OC)[C@H](c1ccc(CC3CCCC3)s1)[C@@H](N)CC2. The average Bonchev–Trinajstić information content (AvgIpc) is 3.33. The van der Waals surface area contributed by atoms with Gasteiger partial charge >= 0.3 is 0 Å². The zero-order chi connectivity index (χ0) is 18.1. The molecule has 1 saturated carbocycles. The van der Waals surface area contributed by atoms with Gasteiger partial charge in [-0.1, -0.05) is 25.7 Å². The zero-order valence-electron chi connectivity index (χ0n) is 15.8. The van der Waals surface area contributed by atoms with Gasteiger partial charge in [0, 0.05) is 21.7 Å². The van der Waals surface area contributed by atoms with Crippen molar-refractivity contribution in [2.45, 2.75) is 56.9 Å². The van der Waals surface area contributed by atoms with Crippen LogP contribution in [-0.2, 0) is 12.8 Å². The summed E-state index contributed by atoms with van der Waals surface area (Å²) in [4.78, 5) is 2.92. The predicted molar refractivity (Wildman–Crippen MR) is 108 cm³/mol. The molecule has 0 amide bonds. The van der Waals surface area contributed by atoms with Gasteiger partial charge in [0.25, 0.3) is 0 Å². The van der Waals surface area contributed by atoms with Crippen molar-refractivity contribution in [2.75, 3.05) is 14.2 Å². The minimum Gasteiger partial charge on any atom is -0.493 e. The van der Waals surface area contributed by atoms with Crippen LogP contribution in [0.3, 0.4) is 0 Å². The van der Waals surface area contributed by atoms with Crippen molar-refractivity contribution < 1.29 is 9.47 Å². The van der Waals surface area contributed by atoms with Crippen LogP contribution in [0.2, 0.25) is 0 Å². The molecule has 0 spiro atoms. The van der Waals surface area contributed by atoms with Crippen molar-refractivity contribution in [3.8, 4) is 11.5 Å². The van der Waals surface area contributed by atoms with Gasteiger partial charge in [0.2, 0.25) is 0 Å². The molecule has 2 aliphatic rings. The van der Waals surface area contributed by atoms with Gasteiger partial charge in [-0.25, -0.2) is 0 Å². The van der Waals surface area contributed by atoms with E-state index in [-0.39, 0.29) is 12.0 Å². The van der Waals surface area contributed by atoms with E-state index in [2.05, 4.69) is 24.3 Å². The zero-order valence-corrected chi connectivity index (χ0v) is 16.6. The number of rotatable bonds is 5. The quantitative estimate of drug-likeness (QED) is 0.813. The molecule has 2 aliphatic carbocycles. The lowest BCUT2D eigenvalue weighted by Crippen LogP contribution is -2.33. The highest BCUT2D eigenvalue weighted by Gasteiger charge is 2.31. The van der Waals surface area contributed by atoms with E-state index in [9.17, 15) is 0 Å². The number of hydrogen-bond acceptors (Lipinski definition) is 4. The number of fused-ring (bicyclic) bond motifs is 1. The van der Waals surface area contributed by atoms with Crippen LogP contribution >= 0.6 is 11.3 Å². The van der Waals surface area contributed by atoms with Crippen LogP contribution in [0.4, 0.5) is 0 Å². The molecule has 1 aromatic carbocycles. The highest BCUT2D eigenvalue weighted by molar-refractivity contribution is 7.12. The van der Waals surface area contributed by atoms with Crippen LogP contribution in [0.1, 0.15) is 58.9 Å². The summed E-state index contributed by atoms with van der Waals surface area (Å²) in [5.41, 5.74) is 9.26. The second kappa shape index (κ2) is 7.61. The van der Waals surface area contributed by atoms with Gasteiger partial charge in [-0.3, -0.25) is 0 Å². The van der Waals surface area contributed by atoms with E-state index in [1.807, 2.05) is 11.3 Å². The molecule has 1 aromatic heterocycles. The maximum absolute atomic E-state index is 6.60. The Morgan fingerprint density at radius 2 is 1.77 bits per heavy atom. The molecule has 140 valence electrons. The largest absolute Gasteiger partial charge is 0.493 e. The molecule has 0 radical (unpaired) electrons. The fourth-order valence-corrected chi connectivity index (χ4v) is 6.02. The lowest BCUT2D eigenvalue weighted by atomic mass is 9.78. The minimum atomic E-state index is 0.165. The number of ether oxygens (including phenoxy) is 2. The maximum atomic E-state index is 6.60. The number of nitrogens with two attached hydrogens (primary N) is 1. The molecule has 2 N–H and O–H groups in total. The Morgan fingerprint density at radius 1 is 1.04 bits per heavy atom. The Hall–Kier alpha value is -1.52. The second-order valence-electron chi connectivity index (χ2n) is 7.74. The van der Waals surface area contributed by atoms with E-state index in [4.69, 9.17) is 15.2 Å². The summed E-state index contributed by atoms with van der Waals surface area (Å²) in [6.07, 6.45) is 8.88. The summed E-state index contributed by atoms with van der Waals surface area (Å²) in [5.74, 6) is 2.76. The van der Waals surface area contributed by atoms with Crippen LogP contribution in [0, 0.1) is 5.92 Å². The average molecular weight is 372 g/mol. The van der Waals surface area contributed by atoms with Crippen LogP contribution in [0.15, 0.2) is 24.3 Å². The molecule has 4 heteroatoms. The van der Waals surface area contributed by atoms with Gasteiger partial charge in [0.15, 0.2) is 11.5 Å². The lowest BCUT2D eigenvalue weighted by Gasteiger charge is -2.31. The maximum Gasteiger partial charge on any atom is 0.161 e. The van der Waals surface area contributed by atoms with Crippen molar-refractivity contribution in [3.63, 3.8) is 0 Å². The summed E-state index contributed by atoms with van der Waals surface area (Å²) in [6.45, 7) is 0. The van der Waals surface area contributed by atoms with E-state index < -0.39 is 0 Å². The van der Waals surface area contributed by atoms with Gasteiger partial charge in [-0.15, -0.1) is 11.3 Å². The molecule has 2 aromatic rings. The fraction of sp³-hybridized carbons (Fsp3) is 0.545. The minimum absolute atomic E-state index is 0.165. The van der Waals surface area contributed by atoms with E-state index in [0.717, 1.165) is 30.3 Å². The third-order valence-corrected chi connectivity index (χ3v) is 7.30. The number of benzene rings is 1. The number of thiophene rings is 1. The van der Waals surface area contributed by atoms with Crippen LogP contribution in [-0.4, -0.2) is 20.3 Å². The van der Waals surface area contributed by atoms with Gasteiger partial charge in [0.05, 0.1) is 14.2 Å². The van der Waals surface area contributed by atoms with E-state index >= 15 is 0 Å². The van der Waals surface area contributed by atoms with Crippen molar-refractivity contribution in [2.24, 2.45) is 11.7 Å². The van der Waals surface area contributed by atoms with Crippen LogP contribution in [0.25, 0.3) is 0 Å². The third kappa shape index (κ3) is 3.37. The van der Waals surface area contributed by atoms with Crippen molar-refractivity contribution in [1.82, 2.24) is 0 Å². The molecule has 0 aliphatic heterocycles. The molecule has 2 atom stereocenters. The Morgan fingerprint density at radius 3 is 2.50 bits per heavy atom. The third-order valence-electron chi connectivity index (χ3n) is 6.11. The number of methoxy groups -OCH3 is 2. The number of hydrogen-bond donors (Lipinski definition) is 1.